The average molecular weight is 496 g/mol. The molecule has 1 aliphatic rings. The highest BCUT2D eigenvalue weighted by atomic mass is 19.1. The zero-order valence-corrected chi connectivity index (χ0v) is 20.1. The first-order chi connectivity index (χ1) is 18.0. The lowest BCUT2D eigenvalue weighted by Gasteiger charge is -2.07. The maximum atomic E-state index is 13.4. The standard InChI is InChI=1S/C29H26FN5O2/c30-22-14-7-18(8-15-22)9-16-23-26(20-10-12-21(13-11-20)27(36)31-17-19-5-6-19)34-35(28(23)37)29-32-24-3-1-2-4-25(24)33-29/h1-4,7-8,10-15,19,37H,5-6,9,16-17H2,(H,31,36)(H,32,33). The summed E-state index contributed by atoms with van der Waals surface area (Å²) in [6, 6.07) is 21.2. The maximum absolute atomic E-state index is 13.4. The zero-order chi connectivity index (χ0) is 25.4. The number of rotatable bonds is 8. The van der Waals surface area contributed by atoms with E-state index in [1.54, 1.807) is 24.3 Å². The number of hydrogen-bond acceptors (Lipinski definition) is 4. The van der Waals surface area contributed by atoms with Crippen LogP contribution in [0.5, 0.6) is 5.88 Å². The third-order valence-corrected chi connectivity index (χ3v) is 6.78. The van der Waals surface area contributed by atoms with Crippen LogP contribution in [-0.2, 0) is 12.8 Å². The molecule has 2 aromatic heterocycles. The van der Waals surface area contributed by atoms with Crippen molar-refractivity contribution in [3.8, 4) is 23.1 Å². The molecule has 0 radical (unpaired) electrons. The SMILES string of the molecule is O=C(NCC1CC1)c1ccc(-c2nn(-c3nc4ccccc4[nH]3)c(O)c2CCc2ccc(F)cc2)cc1. The molecule has 2 heterocycles. The van der Waals surface area contributed by atoms with Gasteiger partial charge in [0.2, 0.25) is 11.8 Å². The first-order valence-electron chi connectivity index (χ1n) is 12.4. The van der Waals surface area contributed by atoms with E-state index in [-0.39, 0.29) is 17.6 Å². The molecule has 1 fully saturated rings. The Morgan fingerprint density at radius 3 is 2.51 bits per heavy atom. The zero-order valence-electron chi connectivity index (χ0n) is 20.1. The van der Waals surface area contributed by atoms with Crippen LogP contribution in [0.3, 0.4) is 0 Å². The third-order valence-electron chi connectivity index (χ3n) is 6.78. The normalized spacial score (nSPS) is 13.2. The van der Waals surface area contributed by atoms with Crippen LogP contribution in [0.25, 0.3) is 28.2 Å². The van der Waals surface area contributed by atoms with Crippen LogP contribution in [0.2, 0.25) is 0 Å². The molecule has 0 saturated heterocycles. The van der Waals surface area contributed by atoms with Crippen molar-refractivity contribution in [2.24, 2.45) is 5.92 Å². The Morgan fingerprint density at radius 2 is 1.78 bits per heavy atom. The van der Waals surface area contributed by atoms with Crippen LogP contribution in [-0.4, -0.2) is 37.3 Å². The van der Waals surface area contributed by atoms with Crippen molar-refractivity contribution in [3.05, 3.63) is 95.3 Å². The summed E-state index contributed by atoms with van der Waals surface area (Å²) in [7, 11) is 0. The summed E-state index contributed by atoms with van der Waals surface area (Å²) >= 11 is 0. The van der Waals surface area contributed by atoms with Crippen LogP contribution >= 0.6 is 0 Å². The molecule has 3 N–H and O–H groups in total. The number of aromatic hydroxyl groups is 1. The number of amides is 1. The molecule has 186 valence electrons. The van der Waals surface area contributed by atoms with Crippen LogP contribution < -0.4 is 5.32 Å². The van der Waals surface area contributed by atoms with Crippen LogP contribution in [0.4, 0.5) is 4.39 Å². The number of fused-ring (bicyclic) bond motifs is 1. The number of hydrogen-bond donors (Lipinski definition) is 3. The van der Waals surface area contributed by atoms with Crippen LogP contribution in [0, 0.1) is 11.7 Å². The smallest absolute Gasteiger partial charge is 0.251 e. The molecule has 0 spiro atoms. The topological polar surface area (TPSA) is 95.8 Å². The number of carbonyl (C=O) groups is 1. The molecule has 0 aliphatic heterocycles. The Bertz CT molecular complexity index is 1530. The second kappa shape index (κ2) is 9.54. The van der Waals surface area contributed by atoms with Crippen molar-refractivity contribution in [2.45, 2.75) is 25.7 Å². The van der Waals surface area contributed by atoms with Gasteiger partial charge in [-0.25, -0.2) is 9.37 Å². The fourth-order valence-corrected chi connectivity index (χ4v) is 4.45. The van der Waals surface area contributed by atoms with E-state index in [0.717, 1.165) is 22.2 Å². The molecule has 7 nitrogen and oxygen atoms in total. The van der Waals surface area contributed by atoms with Crippen molar-refractivity contribution < 1.29 is 14.3 Å². The van der Waals surface area contributed by atoms with Gasteiger partial charge in [0.05, 0.1) is 11.0 Å². The number of nitrogens with one attached hydrogen (secondary N) is 2. The van der Waals surface area contributed by atoms with Crippen molar-refractivity contribution in [2.75, 3.05) is 6.54 Å². The van der Waals surface area contributed by atoms with Crippen molar-refractivity contribution >= 4 is 16.9 Å². The summed E-state index contributed by atoms with van der Waals surface area (Å²) in [6.45, 7) is 0.712. The van der Waals surface area contributed by atoms with E-state index in [1.165, 1.54) is 29.7 Å². The Kier molecular flexibility index (Phi) is 5.92. The number of aromatic nitrogens is 4. The summed E-state index contributed by atoms with van der Waals surface area (Å²) < 4.78 is 14.8. The van der Waals surface area contributed by atoms with Crippen molar-refractivity contribution in [1.82, 2.24) is 25.1 Å². The lowest BCUT2D eigenvalue weighted by Crippen LogP contribution is -2.25. The minimum atomic E-state index is -0.286. The van der Waals surface area contributed by atoms with Gasteiger partial charge < -0.3 is 15.4 Å². The number of aryl methyl sites for hydroxylation is 1. The van der Waals surface area contributed by atoms with Gasteiger partial charge in [-0.3, -0.25) is 4.79 Å². The number of carbonyl (C=O) groups excluding carboxylic acids is 1. The summed E-state index contributed by atoms with van der Waals surface area (Å²) in [5.74, 6) is 0.625. The van der Waals surface area contributed by atoms with Gasteiger partial charge >= 0.3 is 0 Å². The second-order valence-corrected chi connectivity index (χ2v) is 9.50. The van der Waals surface area contributed by atoms with Gasteiger partial charge in [-0.15, -0.1) is 0 Å². The van der Waals surface area contributed by atoms with Crippen LogP contribution in [0.1, 0.15) is 34.3 Å². The molecule has 0 unspecified atom stereocenters. The van der Waals surface area contributed by atoms with Gasteiger partial charge in [0.15, 0.2) is 0 Å². The highest BCUT2D eigenvalue weighted by molar-refractivity contribution is 5.94. The third kappa shape index (κ3) is 4.82. The van der Waals surface area contributed by atoms with E-state index in [1.807, 2.05) is 36.4 Å². The highest BCUT2D eigenvalue weighted by Gasteiger charge is 2.23. The van der Waals surface area contributed by atoms with E-state index in [4.69, 9.17) is 5.10 Å². The number of para-hydroxylation sites is 2. The van der Waals surface area contributed by atoms with E-state index in [0.29, 0.717) is 48.1 Å². The number of aromatic amines is 1. The van der Waals surface area contributed by atoms with Gasteiger partial charge in [-0.05, 0) is 73.6 Å². The Hall–Kier alpha value is -4.46. The number of nitrogens with zero attached hydrogens (tertiary/aromatic N) is 3. The highest BCUT2D eigenvalue weighted by Crippen LogP contribution is 2.33. The molecule has 1 saturated carbocycles. The summed E-state index contributed by atoms with van der Waals surface area (Å²) in [4.78, 5) is 20.3. The Morgan fingerprint density at radius 1 is 1.03 bits per heavy atom. The predicted molar refractivity (Wildman–Crippen MR) is 139 cm³/mol. The first kappa shape index (κ1) is 23.0. The molecule has 1 aliphatic carbocycles. The number of halogens is 1. The van der Waals surface area contributed by atoms with E-state index < -0.39 is 0 Å². The van der Waals surface area contributed by atoms with E-state index in [9.17, 15) is 14.3 Å². The summed E-state index contributed by atoms with van der Waals surface area (Å²) in [5, 5.41) is 19.0. The minimum absolute atomic E-state index is 0.0116. The van der Waals surface area contributed by atoms with Gasteiger partial charge in [0.1, 0.15) is 11.5 Å². The fraction of sp³-hybridized carbons (Fsp3) is 0.207. The molecule has 3 aromatic carbocycles. The lowest BCUT2D eigenvalue weighted by atomic mass is 10.00. The quantitative estimate of drug-likeness (QED) is 0.276. The first-order valence-corrected chi connectivity index (χ1v) is 12.4. The predicted octanol–water partition coefficient (Wildman–Crippen LogP) is 5.19. The average Bonchev–Trinajstić information content (AvgIpc) is 3.56. The molecule has 37 heavy (non-hydrogen) atoms. The fourth-order valence-electron chi connectivity index (χ4n) is 4.45. The molecule has 0 atom stereocenters. The lowest BCUT2D eigenvalue weighted by molar-refractivity contribution is 0.0952. The number of H-pyrrole nitrogens is 1. The van der Waals surface area contributed by atoms with Gasteiger partial charge in [0, 0.05) is 23.2 Å². The Labute approximate surface area is 213 Å². The second-order valence-electron chi connectivity index (χ2n) is 9.50. The van der Waals surface area contributed by atoms with Gasteiger partial charge in [-0.2, -0.15) is 9.78 Å². The number of benzene rings is 3. The van der Waals surface area contributed by atoms with Crippen molar-refractivity contribution in [3.63, 3.8) is 0 Å². The molecule has 1 amide bonds. The molecule has 0 bridgehead atoms. The summed E-state index contributed by atoms with van der Waals surface area (Å²) in [5.41, 5.74) is 5.16. The number of imidazole rings is 1. The van der Waals surface area contributed by atoms with E-state index in [2.05, 4.69) is 15.3 Å². The molecule has 5 aromatic rings. The van der Waals surface area contributed by atoms with Crippen LogP contribution in [0.15, 0.2) is 72.8 Å². The monoisotopic (exact) mass is 495 g/mol. The van der Waals surface area contributed by atoms with Gasteiger partial charge in [0.25, 0.3) is 5.91 Å². The molecular weight excluding hydrogens is 469 g/mol. The largest absolute Gasteiger partial charge is 0.493 e. The maximum Gasteiger partial charge on any atom is 0.251 e. The molecular formula is C29H26FN5O2. The van der Waals surface area contributed by atoms with E-state index >= 15 is 0 Å². The Balaban J connectivity index is 1.34. The minimum Gasteiger partial charge on any atom is -0.493 e. The van der Waals surface area contributed by atoms with Gasteiger partial charge in [-0.1, -0.05) is 36.4 Å². The molecule has 6 rings (SSSR count). The molecule has 8 heteroatoms. The summed E-state index contributed by atoms with van der Waals surface area (Å²) in [6.07, 6.45) is 3.43. The van der Waals surface area contributed by atoms with Crippen molar-refractivity contribution in [1.29, 1.82) is 0 Å².